The van der Waals surface area contributed by atoms with Gasteiger partial charge in [0.2, 0.25) is 0 Å². The molecule has 10 heteroatoms. The lowest BCUT2D eigenvalue weighted by molar-refractivity contribution is -0.130. The van der Waals surface area contributed by atoms with Crippen molar-refractivity contribution in [3.8, 4) is 5.75 Å². The lowest BCUT2D eigenvalue weighted by Crippen LogP contribution is -2.29. The van der Waals surface area contributed by atoms with Gasteiger partial charge in [0.25, 0.3) is 5.91 Å². The van der Waals surface area contributed by atoms with E-state index >= 15 is 0 Å². The zero-order chi connectivity index (χ0) is 24.2. The van der Waals surface area contributed by atoms with Crippen LogP contribution >= 0.6 is 11.8 Å². The number of hydrogen-bond donors (Lipinski definition) is 1. The Balaban J connectivity index is 1.34. The van der Waals surface area contributed by atoms with Crippen molar-refractivity contribution >= 4 is 23.4 Å². The van der Waals surface area contributed by atoms with E-state index in [9.17, 15) is 9.59 Å². The summed E-state index contributed by atoms with van der Waals surface area (Å²) in [6.07, 6.45) is 2.51. The van der Waals surface area contributed by atoms with Crippen LogP contribution in [-0.2, 0) is 16.1 Å². The van der Waals surface area contributed by atoms with Gasteiger partial charge in [-0.05, 0) is 36.1 Å². The molecule has 0 radical (unpaired) electrons. The molecule has 3 aromatic rings. The molecule has 2 aliphatic heterocycles. The van der Waals surface area contributed by atoms with Crippen molar-refractivity contribution in [2.45, 2.75) is 43.1 Å². The average molecular weight is 494 g/mol. The average Bonchev–Trinajstić information content (AvgIpc) is 3.65. The Morgan fingerprint density at radius 2 is 2.00 bits per heavy atom. The fourth-order valence-corrected chi connectivity index (χ4v) is 5.20. The maximum Gasteiger partial charge on any atom is 0.344 e. The van der Waals surface area contributed by atoms with Crippen molar-refractivity contribution in [2.75, 3.05) is 19.5 Å². The van der Waals surface area contributed by atoms with E-state index in [-0.39, 0.29) is 29.5 Å². The lowest BCUT2D eigenvalue weighted by Gasteiger charge is -2.22. The highest BCUT2D eigenvalue weighted by molar-refractivity contribution is 7.99. The number of aromatic nitrogens is 3. The summed E-state index contributed by atoms with van der Waals surface area (Å²) in [5.74, 6) is 0.710. The Hall–Kier alpha value is -3.37. The van der Waals surface area contributed by atoms with Crippen LogP contribution in [0.1, 0.15) is 36.4 Å². The van der Waals surface area contributed by atoms with E-state index in [0.717, 1.165) is 35.4 Å². The lowest BCUT2D eigenvalue weighted by atomic mass is 9.98. The van der Waals surface area contributed by atoms with Crippen LogP contribution in [0.2, 0.25) is 0 Å². The minimum atomic E-state index is -0.294. The van der Waals surface area contributed by atoms with Gasteiger partial charge in [0.1, 0.15) is 5.75 Å². The molecule has 1 aromatic heterocycles. The van der Waals surface area contributed by atoms with Gasteiger partial charge >= 0.3 is 5.69 Å². The molecular formula is C25H27N5O4S. The number of methoxy groups -OCH3 is 1. The second-order valence-electron chi connectivity index (χ2n) is 8.49. The van der Waals surface area contributed by atoms with Gasteiger partial charge in [0, 0.05) is 13.0 Å². The first-order chi connectivity index (χ1) is 17.1. The van der Waals surface area contributed by atoms with Crippen LogP contribution in [0.15, 0.2) is 69.6 Å². The summed E-state index contributed by atoms with van der Waals surface area (Å²) >= 11 is 1.23. The second kappa shape index (κ2) is 10.5. The van der Waals surface area contributed by atoms with Crippen molar-refractivity contribution in [3.63, 3.8) is 0 Å². The number of ether oxygens (including phenoxy) is 2. The number of H-pyrrole nitrogens is 1. The first-order valence-electron chi connectivity index (χ1n) is 11.6. The van der Waals surface area contributed by atoms with E-state index in [1.807, 2.05) is 54.6 Å². The molecule has 2 aromatic carbocycles. The van der Waals surface area contributed by atoms with E-state index in [4.69, 9.17) is 14.6 Å². The fraction of sp³-hybridized carbons (Fsp3) is 0.360. The Bertz CT molecular complexity index is 1250. The summed E-state index contributed by atoms with van der Waals surface area (Å²) in [7, 11) is 1.63. The van der Waals surface area contributed by atoms with Crippen LogP contribution in [-0.4, -0.2) is 57.0 Å². The normalized spacial score (nSPS) is 19.7. The SMILES string of the molecule is COc1ccc([C@@H]2CC(c3ccccc3)=NN2C(=O)CSc2n[nH]c(=O)n2C[C@@H]2CCCO2)cc1. The number of rotatable bonds is 8. The van der Waals surface area contributed by atoms with Gasteiger partial charge in [-0.2, -0.15) is 5.10 Å². The number of carbonyl (C=O) groups excluding carboxylic acids is 1. The standard InChI is InChI=1S/C25H27N5O4S/c1-33-19-11-9-18(10-12-19)22-14-21(17-6-3-2-4-7-17)28-30(22)23(31)16-35-25-27-26-24(32)29(25)15-20-8-5-13-34-20/h2-4,6-7,9-12,20,22H,5,8,13-16H2,1H3,(H,26,32)/t20-,22-/m0/s1. The van der Waals surface area contributed by atoms with E-state index in [1.165, 1.54) is 11.8 Å². The summed E-state index contributed by atoms with van der Waals surface area (Å²) < 4.78 is 12.5. The quantitative estimate of drug-likeness (QED) is 0.484. The second-order valence-corrected chi connectivity index (χ2v) is 9.43. The number of carbonyl (C=O) groups is 1. The number of thioether (sulfide) groups is 1. The van der Waals surface area contributed by atoms with Gasteiger partial charge < -0.3 is 9.47 Å². The Morgan fingerprint density at radius 3 is 2.71 bits per heavy atom. The molecule has 1 fully saturated rings. The monoisotopic (exact) mass is 493 g/mol. The zero-order valence-electron chi connectivity index (χ0n) is 19.4. The number of hydrazone groups is 1. The van der Waals surface area contributed by atoms with E-state index in [2.05, 4.69) is 10.2 Å². The number of amides is 1. The highest BCUT2D eigenvalue weighted by Crippen LogP contribution is 2.34. The third kappa shape index (κ3) is 5.18. The summed E-state index contributed by atoms with van der Waals surface area (Å²) in [6.45, 7) is 1.14. The third-order valence-corrected chi connectivity index (χ3v) is 7.19. The van der Waals surface area contributed by atoms with Crippen LogP contribution in [0.4, 0.5) is 0 Å². The summed E-state index contributed by atoms with van der Waals surface area (Å²) in [6, 6.07) is 17.4. The number of nitrogens with zero attached hydrogens (tertiary/aromatic N) is 4. The maximum atomic E-state index is 13.4. The molecule has 1 saturated heterocycles. The minimum absolute atomic E-state index is 0.00332. The van der Waals surface area contributed by atoms with Crippen LogP contribution < -0.4 is 10.4 Å². The highest BCUT2D eigenvalue weighted by atomic mass is 32.2. The maximum absolute atomic E-state index is 13.4. The van der Waals surface area contributed by atoms with Crippen molar-refractivity contribution < 1.29 is 14.3 Å². The van der Waals surface area contributed by atoms with Crippen LogP contribution in [0, 0.1) is 0 Å². The van der Waals surface area contributed by atoms with Crippen molar-refractivity contribution in [1.29, 1.82) is 0 Å². The van der Waals surface area contributed by atoms with Crippen molar-refractivity contribution in [1.82, 2.24) is 19.8 Å². The van der Waals surface area contributed by atoms with Gasteiger partial charge in [-0.15, -0.1) is 5.10 Å². The molecule has 0 aliphatic carbocycles. The van der Waals surface area contributed by atoms with Gasteiger partial charge in [0.15, 0.2) is 5.16 Å². The summed E-state index contributed by atoms with van der Waals surface area (Å²) in [5.41, 5.74) is 2.54. The Kier molecular flexibility index (Phi) is 7.01. The molecule has 9 nitrogen and oxygen atoms in total. The van der Waals surface area contributed by atoms with Gasteiger partial charge in [-0.25, -0.2) is 14.9 Å². The largest absolute Gasteiger partial charge is 0.497 e. The fourth-order valence-electron chi connectivity index (χ4n) is 4.39. The summed E-state index contributed by atoms with van der Waals surface area (Å²) in [5, 5.41) is 13.4. The first kappa shape index (κ1) is 23.4. The molecule has 5 rings (SSSR count). The van der Waals surface area contributed by atoms with E-state index < -0.39 is 0 Å². The molecule has 35 heavy (non-hydrogen) atoms. The van der Waals surface area contributed by atoms with Crippen molar-refractivity contribution in [2.24, 2.45) is 5.10 Å². The molecule has 2 atom stereocenters. The van der Waals surface area contributed by atoms with E-state index in [1.54, 1.807) is 16.7 Å². The number of nitrogens with one attached hydrogen (secondary N) is 1. The van der Waals surface area contributed by atoms with Crippen LogP contribution in [0.5, 0.6) is 5.75 Å². The topological polar surface area (TPSA) is 102 Å². The van der Waals surface area contributed by atoms with Gasteiger partial charge in [0.05, 0.1) is 37.3 Å². The van der Waals surface area contributed by atoms with Crippen LogP contribution in [0.25, 0.3) is 0 Å². The number of hydrogen-bond acceptors (Lipinski definition) is 7. The third-order valence-electron chi connectivity index (χ3n) is 6.23. The Labute approximate surface area is 207 Å². The van der Waals surface area contributed by atoms with Gasteiger partial charge in [-0.3, -0.25) is 9.36 Å². The Morgan fingerprint density at radius 1 is 1.20 bits per heavy atom. The molecule has 0 bridgehead atoms. The zero-order valence-corrected chi connectivity index (χ0v) is 20.2. The molecule has 3 heterocycles. The number of aromatic amines is 1. The van der Waals surface area contributed by atoms with Crippen LogP contribution in [0.3, 0.4) is 0 Å². The predicted molar refractivity (Wildman–Crippen MR) is 133 cm³/mol. The molecule has 182 valence electrons. The predicted octanol–water partition coefficient (Wildman–Crippen LogP) is 3.23. The molecule has 1 amide bonds. The van der Waals surface area contributed by atoms with Gasteiger partial charge in [-0.1, -0.05) is 54.2 Å². The molecular weight excluding hydrogens is 466 g/mol. The first-order valence-corrected chi connectivity index (χ1v) is 12.6. The smallest absolute Gasteiger partial charge is 0.344 e. The molecule has 2 aliphatic rings. The molecule has 0 unspecified atom stereocenters. The van der Waals surface area contributed by atoms with E-state index in [0.29, 0.717) is 24.7 Å². The van der Waals surface area contributed by atoms with Crippen molar-refractivity contribution in [3.05, 3.63) is 76.2 Å². The molecule has 0 spiro atoms. The molecule has 0 saturated carbocycles. The summed E-state index contributed by atoms with van der Waals surface area (Å²) in [4.78, 5) is 25.7. The number of benzene rings is 2. The molecule has 1 N–H and O–H groups in total. The highest BCUT2D eigenvalue weighted by Gasteiger charge is 2.33. The minimum Gasteiger partial charge on any atom is -0.497 e.